The van der Waals surface area contributed by atoms with E-state index >= 15 is 0 Å². The molecule has 1 aromatic rings. The molecule has 0 bridgehead atoms. The largest absolute Gasteiger partial charge is 0.382 e. The van der Waals surface area contributed by atoms with Crippen molar-refractivity contribution in [1.82, 2.24) is 9.97 Å². The molecule has 1 atom stereocenters. The van der Waals surface area contributed by atoms with Gasteiger partial charge in [-0.2, -0.15) is 0 Å². The average Bonchev–Trinajstić information content (AvgIpc) is 2.25. The first-order valence-corrected chi connectivity index (χ1v) is 5.73. The Bertz CT molecular complexity index is 352. The second kappa shape index (κ2) is 6.20. The highest BCUT2D eigenvalue weighted by Crippen LogP contribution is 2.24. The zero-order chi connectivity index (χ0) is 12.0. The average molecular weight is 221 g/mol. The Labute approximate surface area is 96.3 Å². The molecule has 88 valence electrons. The van der Waals surface area contributed by atoms with Gasteiger partial charge >= 0.3 is 0 Å². The van der Waals surface area contributed by atoms with Crippen LogP contribution in [0.15, 0.2) is 12.4 Å². The molecule has 0 fully saturated rings. The molecule has 1 aromatic heterocycles. The van der Waals surface area contributed by atoms with Crippen LogP contribution in [-0.2, 0) is 4.79 Å². The highest BCUT2D eigenvalue weighted by molar-refractivity contribution is 5.83. The minimum atomic E-state index is -0.194. The van der Waals surface area contributed by atoms with Crippen molar-refractivity contribution in [3.63, 3.8) is 0 Å². The summed E-state index contributed by atoms with van der Waals surface area (Å²) in [6.07, 6.45) is 7.23. The molecule has 0 spiro atoms. The lowest BCUT2D eigenvalue weighted by Gasteiger charge is -2.13. The van der Waals surface area contributed by atoms with E-state index in [9.17, 15) is 4.79 Å². The van der Waals surface area contributed by atoms with Gasteiger partial charge in [-0.15, -0.1) is 0 Å². The van der Waals surface area contributed by atoms with Gasteiger partial charge in [-0.3, -0.25) is 9.78 Å². The van der Waals surface area contributed by atoms with E-state index in [1.54, 1.807) is 19.3 Å². The standard InChI is InChI=1S/C12H19N3O/c1-3-4-5-6-10(9(2)16)11-12(13)15-8-7-14-11/h7-8,10H,3-6H2,1-2H3,(H2,13,15). The number of hydrogen-bond acceptors (Lipinski definition) is 4. The summed E-state index contributed by atoms with van der Waals surface area (Å²) in [4.78, 5) is 19.7. The normalized spacial score (nSPS) is 12.4. The molecule has 0 aliphatic rings. The third-order valence-corrected chi connectivity index (χ3v) is 2.67. The summed E-state index contributed by atoms with van der Waals surface area (Å²) in [5.74, 6) is 0.294. The summed E-state index contributed by atoms with van der Waals surface area (Å²) in [5.41, 5.74) is 6.37. The molecule has 2 N–H and O–H groups in total. The number of Topliss-reactive ketones (excluding diaryl/α,β-unsaturated/α-hetero) is 1. The minimum absolute atomic E-state index is 0.114. The van der Waals surface area contributed by atoms with Crippen molar-refractivity contribution in [1.29, 1.82) is 0 Å². The van der Waals surface area contributed by atoms with E-state index in [0.29, 0.717) is 11.5 Å². The van der Waals surface area contributed by atoms with Crippen LogP contribution in [-0.4, -0.2) is 15.8 Å². The molecule has 0 radical (unpaired) electrons. The Balaban J connectivity index is 2.78. The molecule has 16 heavy (non-hydrogen) atoms. The summed E-state index contributed by atoms with van der Waals surface area (Å²) in [6.45, 7) is 3.73. The lowest BCUT2D eigenvalue weighted by Crippen LogP contribution is -2.14. The zero-order valence-corrected chi connectivity index (χ0v) is 9.94. The van der Waals surface area contributed by atoms with Crippen LogP contribution in [0.4, 0.5) is 5.82 Å². The second-order valence-electron chi connectivity index (χ2n) is 3.99. The van der Waals surface area contributed by atoms with Crippen molar-refractivity contribution >= 4 is 11.6 Å². The number of aromatic nitrogens is 2. The van der Waals surface area contributed by atoms with Crippen molar-refractivity contribution in [3.8, 4) is 0 Å². The van der Waals surface area contributed by atoms with Gasteiger partial charge in [-0.1, -0.05) is 26.2 Å². The molecule has 0 aliphatic heterocycles. The molecule has 0 aromatic carbocycles. The summed E-state index contributed by atoms with van der Waals surface area (Å²) in [7, 11) is 0. The van der Waals surface area contributed by atoms with E-state index in [-0.39, 0.29) is 11.7 Å². The third kappa shape index (κ3) is 3.29. The monoisotopic (exact) mass is 221 g/mol. The molecule has 1 heterocycles. The highest BCUT2D eigenvalue weighted by Gasteiger charge is 2.20. The smallest absolute Gasteiger partial charge is 0.145 e. The van der Waals surface area contributed by atoms with Crippen LogP contribution < -0.4 is 5.73 Å². The van der Waals surface area contributed by atoms with E-state index < -0.39 is 0 Å². The Morgan fingerprint density at radius 3 is 2.62 bits per heavy atom. The van der Waals surface area contributed by atoms with Crippen LogP contribution in [0.25, 0.3) is 0 Å². The predicted octanol–water partition coefficient (Wildman–Crippen LogP) is 2.31. The number of nitrogen functional groups attached to an aromatic ring is 1. The Hall–Kier alpha value is -1.45. The van der Waals surface area contributed by atoms with Crippen LogP contribution in [0.1, 0.15) is 51.1 Å². The number of nitrogens with zero attached hydrogens (tertiary/aromatic N) is 2. The van der Waals surface area contributed by atoms with Crippen LogP contribution in [0.3, 0.4) is 0 Å². The number of hydrogen-bond donors (Lipinski definition) is 1. The lowest BCUT2D eigenvalue weighted by molar-refractivity contribution is -0.118. The van der Waals surface area contributed by atoms with Gasteiger partial charge in [0.1, 0.15) is 11.6 Å². The number of carbonyl (C=O) groups excluding carboxylic acids is 1. The first-order valence-electron chi connectivity index (χ1n) is 5.73. The van der Waals surface area contributed by atoms with Gasteiger partial charge in [-0.25, -0.2) is 4.98 Å². The van der Waals surface area contributed by atoms with Gasteiger partial charge in [-0.05, 0) is 13.3 Å². The number of ketones is 1. The van der Waals surface area contributed by atoms with Crippen molar-refractivity contribution in [2.45, 2.75) is 45.4 Å². The number of rotatable bonds is 6. The van der Waals surface area contributed by atoms with Gasteiger partial charge in [0.15, 0.2) is 0 Å². The fourth-order valence-electron chi connectivity index (χ4n) is 1.76. The molecular formula is C12H19N3O. The number of carbonyl (C=O) groups is 1. The number of nitrogens with two attached hydrogens (primary N) is 1. The van der Waals surface area contributed by atoms with Crippen LogP contribution >= 0.6 is 0 Å². The van der Waals surface area contributed by atoms with E-state index in [1.165, 1.54) is 0 Å². The van der Waals surface area contributed by atoms with Gasteiger partial charge in [0, 0.05) is 12.4 Å². The summed E-state index contributed by atoms with van der Waals surface area (Å²) < 4.78 is 0. The van der Waals surface area contributed by atoms with Gasteiger partial charge in [0.05, 0.1) is 11.6 Å². The molecule has 0 saturated carbocycles. The van der Waals surface area contributed by atoms with E-state index in [0.717, 1.165) is 25.7 Å². The van der Waals surface area contributed by atoms with E-state index in [2.05, 4.69) is 16.9 Å². The number of unbranched alkanes of at least 4 members (excludes halogenated alkanes) is 2. The maximum absolute atomic E-state index is 11.6. The Morgan fingerprint density at radius 1 is 1.38 bits per heavy atom. The first kappa shape index (κ1) is 12.6. The molecule has 0 amide bonds. The van der Waals surface area contributed by atoms with Gasteiger partial charge in [0.25, 0.3) is 0 Å². The Morgan fingerprint density at radius 2 is 2.06 bits per heavy atom. The molecule has 0 aliphatic carbocycles. The summed E-state index contributed by atoms with van der Waals surface area (Å²) in [6, 6.07) is 0. The number of anilines is 1. The van der Waals surface area contributed by atoms with Crippen LogP contribution in [0, 0.1) is 0 Å². The van der Waals surface area contributed by atoms with Crippen LogP contribution in [0.2, 0.25) is 0 Å². The molecular weight excluding hydrogens is 202 g/mol. The third-order valence-electron chi connectivity index (χ3n) is 2.67. The predicted molar refractivity (Wildman–Crippen MR) is 64.0 cm³/mol. The Kier molecular flexibility index (Phi) is 4.89. The van der Waals surface area contributed by atoms with Crippen molar-refractivity contribution in [3.05, 3.63) is 18.1 Å². The quantitative estimate of drug-likeness (QED) is 0.748. The molecule has 4 heteroatoms. The maximum atomic E-state index is 11.6. The molecule has 4 nitrogen and oxygen atoms in total. The topological polar surface area (TPSA) is 68.9 Å². The van der Waals surface area contributed by atoms with Crippen molar-refractivity contribution < 1.29 is 4.79 Å². The zero-order valence-electron chi connectivity index (χ0n) is 9.94. The minimum Gasteiger partial charge on any atom is -0.382 e. The van der Waals surface area contributed by atoms with Crippen LogP contribution in [0.5, 0.6) is 0 Å². The fourth-order valence-corrected chi connectivity index (χ4v) is 1.76. The molecule has 0 saturated heterocycles. The van der Waals surface area contributed by atoms with E-state index in [4.69, 9.17) is 5.73 Å². The second-order valence-corrected chi connectivity index (χ2v) is 3.99. The summed E-state index contributed by atoms with van der Waals surface area (Å²) >= 11 is 0. The summed E-state index contributed by atoms with van der Waals surface area (Å²) in [5, 5.41) is 0. The highest BCUT2D eigenvalue weighted by atomic mass is 16.1. The van der Waals surface area contributed by atoms with Gasteiger partial charge < -0.3 is 5.73 Å². The van der Waals surface area contributed by atoms with Gasteiger partial charge in [0.2, 0.25) is 0 Å². The first-order chi connectivity index (χ1) is 7.66. The van der Waals surface area contributed by atoms with Crippen molar-refractivity contribution in [2.24, 2.45) is 0 Å². The van der Waals surface area contributed by atoms with E-state index in [1.807, 2.05) is 0 Å². The maximum Gasteiger partial charge on any atom is 0.145 e. The SMILES string of the molecule is CCCCCC(C(C)=O)c1nccnc1N. The molecule has 1 unspecified atom stereocenters. The fraction of sp³-hybridized carbons (Fsp3) is 0.583. The lowest BCUT2D eigenvalue weighted by atomic mass is 9.94. The van der Waals surface area contributed by atoms with Crippen molar-refractivity contribution in [2.75, 3.05) is 5.73 Å². The molecule has 1 rings (SSSR count).